The Balaban J connectivity index is 0.000000186. The van der Waals surface area contributed by atoms with E-state index in [1.165, 1.54) is 24.8 Å². The standard InChI is InChI=1S/C23H24N2O4S.C21H22N2O3S.C4H5ClO2/c1-14(26)24-17-20(27)25-19(23(2,3)30-21(17)25)22(28)29-18(15-10-6-4-7-11-15)16-12-8-5-9-13-16;1-21(2)17(23-18(24)15(22)19(23)27-21)20(25)26-16(13-9-5-3-6-10-13)14-11-7-4-8-12-14;1-2-3-7-4(5)6/h4-13,17-19,21H,1-3H3,(H,24,26);3-12,15-17,19H,22H2,1-2H3;2H,1,3H2/t17-,19+,21?;15-,17+,19?;/m11./s1. The normalized spacial score (nSPS) is 23.1. The molecule has 3 amide bonds. The first-order valence-electron chi connectivity index (χ1n) is 20.5. The molecule has 8 rings (SSSR count). The van der Waals surface area contributed by atoms with E-state index in [1.807, 2.05) is 149 Å². The maximum atomic E-state index is 13.4. The predicted molar refractivity (Wildman–Crippen MR) is 247 cm³/mol. The molecular weight excluding hydrogens is 876 g/mol. The second-order valence-corrected chi connectivity index (χ2v) is 20.2. The smallest absolute Gasteiger partial charge is 0.404 e. The fraction of sp³-hybridized carbons (Fsp3) is 0.333. The number of hydrogen-bond donors (Lipinski definition) is 2. The maximum Gasteiger partial charge on any atom is 0.404 e. The van der Waals surface area contributed by atoms with Gasteiger partial charge in [0.05, 0.1) is 0 Å². The van der Waals surface area contributed by atoms with E-state index in [-0.39, 0.29) is 35.1 Å². The molecular formula is C48H51ClN4O9S2. The largest absolute Gasteiger partial charge is 0.451 e. The summed E-state index contributed by atoms with van der Waals surface area (Å²) in [6.07, 6.45) is 0.354. The van der Waals surface area contributed by atoms with Crippen LogP contribution in [0.4, 0.5) is 4.79 Å². The molecule has 4 aliphatic heterocycles. The first-order valence-corrected chi connectivity index (χ1v) is 22.7. The number of β-lactam (4-membered cyclic amide) rings is 2. The van der Waals surface area contributed by atoms with E-state index in [9.17, 15) is 28.8 Å². The quantitative estimate of drug-likeness (QED) is 0.0513. The van der Waals surface area contributed by atoms with Crippen LogP contribution in [-0.2, 0) is 38.2 Å². The summed E-state index contributed by atoms with van der Waals surface area (Å²) in [5.74, 6) is -1.52. The molecule has 13 nitrogen and oxygen atoms in total. The molecule has 4 aromatic carbocycles. The number of amides is 3. The first-order chi connectivity index (χ1) is 30.5. The van der Waals surface area contributed by atoms with Crippen molar-refractivity contribution in [3.05, 3.63) is 156 Å². The third kappa shape index (κ3) is 10.5. The van der Waals surface area contributed by atoms with Crippen LogP contribution < -0.4 is 11.1 Å². The molecule has 4 fully saturated rings. The average molecular weight is 928 g/mol. The van der Waals surface area contributed by atoms with E-state index in [1.54, 1.807) is 21.6 Å². The van der Waals surface area contributed by atoms with Gasteiger partial charge in [-0.2, -0.15) is 0 Å². The highest BCUT2D eigenvalue weighted by Crippen LogP contribution is 2.52. The highest BCUT2D eigenvalue weighted by molar-refractivity contribution is 8.02. The molecule has 0 saturated carbocycles. The molecule has 336 valence electrons. The first kappa shape index (κ1) is 47.9. The van der Waals surface area contributed by atoms with Gasteiger partial charge in [0.25, 0.3) is 0 Å². The summed E-state index contributed by atoms with van der Waals surface area (Å²) in [4.78, 5) is 75.8. The fourth-order valence-electron chi connectivity index (χ4n) is 8.02. The second kappa shape index (κ2) is 20.5. The lowest BCUT2D eigenvalue weighted by Crippen LogP contribution is -2.70. The molecule has 0 aromatic heterocycles. The molecule has 4 aliphatic rings. The lowest BCUT2D eigenvalue weighted by Gasteiger charge is -2.44. The molecule has 0 aliphatic carbocycles. The maximum absolute atomic E-state index is 13.4. The number of nitrogens with one attached hydrogen (secondary N) is 1. The van der Waals surface area contributed by atoms with Crippen molar-refractivity contribution < 1.29 is 43.0 Å². The SMILES string of the molecule is C=CCOC(=O)Cl.CC(=O)N[C@@H]1C(=O)N2C1SC(C)(C)[C@@H]2C(=O)OC(c1ccccc1)c1ccccc1.CC1(C)SC2[C@H](N)C(=O)N2[C@H]1C(=O)OC(c1ccccc1)c1ccccc1. The van der Waals surface area contributed by atoms with Gasteiger partial charge in [-0.3, -0.25) is 14.4 Å². The topological polar surface area (TPSA) is 175 Å². The van der Waals surface area contributed by atoms with Crippen molar-refractivity contribution in [3.8, 4) is 0 Å². The van der Waals surface area contributed by atoms with E-state index in [0.29, 0.717) is 0 Å². The van der Waals surface area contributed by atoms with Gasteiger partial charge in [-0.1, -0.05) is 134 Å². The van der Waals surface area contributed by atoms with Gasteiger partial charge in [0.1, 0.15) is 41.5 Å². The van der Waals surface area contributed by atoms with Crippen LogP contribution in [-0.4, -0.2) is 95.9 Å². The Morgan fingerprint density at radius 1 is 0.688 bits per heavy atom. The third-order valence-corrected chi connectivity index (χ3v) is 14.2. The van der Waals surface area contributed by atoms with Crippen LogP contribution in [0.3, 0.4) is 0 Å². The van der Waals surface area contributed by atoms with Gasteiger partial charge in [-0.05, 0) is 49.9 Å². The van der Waals surface area contributed by atoms with Crippen molar-refractivity contribution in [2.24, 2.45) is 5.73 Å². The average Bonchev–Trinajstić information content (AvgIpc) is 3.71. The van der Waals surface area contributed by atoms with Gasteiger partial charge < -0.3 is 35.1 Å². The number of nitrogens with zero attached hydrogens (tertiary/aromatic N) is 2. The minimum Gasteiger partial charge on any atom is -0.451 e. The fourth-order valence-corrected chi connectivity index (χ4v) is 11.3. The zero-order valence-electron chi connectivity index (χ0n) is 36.0. The zero-order chi connectivity index (χ0) is 46.3. The number of thioether (sulfide) groups is 2. The number of benzene rings is 4. The molecule has 4 saturated heterocycles. The number of nitrogens with two attached hydrogens (primary N) is 1. The Morgan fingerprint density at radius 3 is 1.38 bits per heavy atom. The van der Waals surface area contributed by atoms with E-state index < -0.39 is 63.2 Å². The Morgan fingerprint density at radius 2 is 1.05 bits per heavy atom. The number of esters is 2. The Bertz CT molecular complexity index is 2250. The molecule has 6 atom stereocenters. The van der Waals surface area contributed by atoms with E-state index in [4.69, 9.17) is 26.8 Å². The van der Waals surface area contributed by atoms with Gasteiger partial charge in [-0.15, -0.1) is 23.5 Å². The Kier molecular flexibility index (Phi) is 15.3. The molecule has 4 heterocycles. The third-order valence-electron chi connectivity index (χ3n) is 10.9. The molecule has 0 bridgehead atoms. The summed E-state index contributed by atoms with van der Waals surface area (Å²) in [6, 6.07) is 35.9. The minimum absolute atomic E-state index is 0.156. The van der Waals surface area contributed by atoms with Gasteiger partial charge in [-0.25, -0.2) is 14.4 Å². The summed E-state index contributed by atoms with van der Waals surface area (Å²) in [5.41, 5.74) is 8.63. The van der Waals surface area contributed by atoms with Crippen LogP contribution >= 0.6 is 35.1 Å². The van der Waals surface area contributed by atoms with Crippen LogP contribution in [0.5, 0.6) is 0 Å². The van der Waals surface area contributed by atoms with Crippen LogP contribution in [0.1, 0.15) is 69.1 Å². The molecule has 2 unspecified atom stereocenters. The van der Waals surface area contributed by atoms with Crippen molar-refractivity contribution in [1.82, 2.24) is 15.1 Å². The molecule has 64 heavy (non-hydrogen) atoms. The molecule has 16 heteroatoms. The highest BCUT2D eigenvalue weighted by Gasteiger charge is 2.65. The number of carbonyl (C=O) groups is 6. The number of hydrogen-bond acceptors (Lipinski definition) is 12. The van der Waals surface area contributed by atoms with Crippen molar-refractivity contribution in [1.29, 1.82) is 0 Å². The van der Waals surface area contributed by atoms with Crippen molar-refractivity contribution in [3.63, 3.8) is 0 Å². The van der Waals surface area contributed by atoms with Gasteiger partial charge in [0.2, 0.25) is 17.7 Å². The zero-order valence-corrected chi connectivity index (χ0v) is 38.4. The lowest BCUT2D eigenvalue weighted by atomic mass is 9.95. The van der Waals surface area contributed by atoms with Crippen molar-refractivity contribution in [2.75, 3.05) is 6.61 Å². The number of fused-ring (bicyclic) bond motifs is 2. The molecule has 3 N–H and O–H groups in total. The van der Waals surface area contributed by atoms with Crippen molar-refractivity contribution >= 4 is 70.2 Å². The second-order valence-electron chi connectivity index (χ2n) is 16.3. The summed E-state index contributed by atoms with van der Waals surface area (Å²) in [6.45, 7) is 12.6. The number of rotatable bonds is 11. The summed E-state index contributed by atoms with van der Waals surface area (Å²) in [5, 5.41) is 2.27. The number of ether oxygens (including phenoxy) is 3. The molecule has 0 spiro atoms. The minimum atomic E-state index is -0.792. The molecule has 4 aromatic rings. The Hall–Kier alpha value is -5.61. The summed E-state index contributed by atoms with van der Waals surface area (Å²) >= 11 is 7.83. The van der Waals surface area contributed by atoms with Gasteiger partial charge in [0, 0.05) is 28.0 Å². The Labute approximate surface area is 386 Å². The van der Waals surface area contributed by atoms with Gasteiger partial charge in [0.15, 0.2) is 12.2 Å². The predicted octanol–water partition coefficient (Wildman–Crippen LogP) is 7.14. The summed E-state index contributed by atoms with van der Waals surface area (Å²) < 4.78 is 15.2. The summed E-state index contributed by atoms with van der Waals surface area (Å²) in [7, 11) is 0. The van der Waals surface area contributed by atoms with Gasteiger partial charge >= 0.3 is 17.4 Å². The van der Waals surface area contributed by atoms with Crippen LogP contribution in [0.25, 0.3) is 0 Å². The molecule has 0 radical (unpaired) electrons. The van der Waals surface area contributed by atoms with Crippen LogP contribution in [0.2, 0.25) is 0 Å². The van der Waals surface area contributed by atoms with Crippen LogP contribution in [0.15, 0.2) is 134 Å². The monoisotopic (exact) mass is 926 g/mol. The van der Waals surface area contributed by atoms with E-state index in [0.717, 1.165) is 22.3 Å². The number of carbonyl (C=O) groups excluding carboxylic acids is 6. The van der Waals surface area contributed by atoms with E-state index >= 15 is 0 Å². The lowest BCUT2D eigenvalue weighted by molar-refractivity contribution is -0.166. The van der Waals surface area contributed by atoms with Crippen LogP contribution in [0, 0.1) is 0 Å². The number of halogens is 1. The van der Waals surface area contributed by atoms with Crippen molar-refractivity contribution in [2.45, 2.75) is 91.2 Å². The highest BCUT2D eigenvalue weighted by atomic mass is 35.5. The van der Waals surface area contributed by atoms with E-state index in [2.05, 4.69) is 16.6 Å².